The van der Waals surface area contributed by atoms with Crippen LogP contribution in [0.3, 0.4) is 0 Å². The SMILES string of the molecule is C=C(/C=C\C(=C/C)OC(F)(F)F)n1cc(-c2cnn(C)c2)c2c(c1=O)CCCN2. The summed E-state index contributed by atoms with van der Waals surface area (Å²) in [6, 6.07) is 0. The van der Waals surface area contributed by atoms with E-state index in [0.717, 1.165) is 35.9 Å². The Balaban J connectivity index is 2.02. The van der Waals surface area contributed by atoms with Crippen molar-refractivity contribution in [1.29, 1.82) is 0 Å². The van der Waals surface area contributed by atoms with Crippen molar-refractivity contribution < 1.29 is 17.9 Å². The van der Waals surface area contributed by atoms with Gasteiger partial charge in [-0.15, -0.1) is 13.2 Å². The lowest BCUT2D eigenvalue weighted by atomic mass is 9.99. The van der Waals surface area contributed by atoms with Crippen LogP contribution in [0.25, 0.3) is 16.8 Å². The van der Waals surface area contributed by atoms with E-state index in [1.807, 2.05) is 6.20 Å². The Bertz CT molecular complexity index is 1040. The minimum atomic E-state index is -4.80. The van der Waals surface area contributed by atoms with Gasteiger partial charge >= 0.3 is 6.36 Å². The van der Waals surface area contributed by atoms with Crippen molar-refractivity contribution >= 4 is 11.4 Å². The summed E-state index contributed by atoms with van der Waals surface area (Å²) in [6.07, 6.45) is 5.38. The molecule has 0 unspecified atom stereocenters. The molecule has 0 saturated heterocycles. The Labute approximate surface area is 165 Å². The van der Waals surface area contributed by atoms with Crippen molar-refractivity contribution in [2.45, 2.75) is 26.1 Å². The van der Waals surface area contributed by atoms with E-state index in [-0.39, 0.29) is 17.0 Å². The summed E-state index contributed by atoms with van der Waals surface area (Å²) >= 11 is 0. The Morgan fingerprint density at radius 1 is 1.34 bits per heavy atom. The second-order valence-electron chi connectivity index (χ2n) is 6.57. The number of halogens is 3. The van der Waals surface area contributed by atoms with Gasteiger partial charge in [0.1, 0.15) is 5.76 Å². The first-order valence-electron chi connectivity index (χ1n) is 9.00. The summed E-state index contributed by atoms with van der Waals surface area (Å²) in [4.78, 5) is 13.0. The lowest BCUT2D eigenvalue weighted by Gasteiger charge is -2.22. The van der Waals surface area contributed by atoms with Crippen LogP contribution in [0.5, 0.6) is 0 Å². The summed E-state index contributed by atoms with van der Waals surface area (Å²) < 4.78 is 44.2. The molecular formula is C20H21F3N4O2. The van der Waals surface area contributed by atoms with Crippen LogP contribution in [-0.4, -0.2) is 27.3 Å². The maximum Gasteiger partial charge on any atom is 0.573 e. The first-order valence-corrected chi connectivity index (χ1v) is 9.00. The molecule has 0 saturated carbocycles. The van der Waals surface area contributed by atoms with Gasteiger partial charge in [-0.05, 0) is 38.0 Å². The van der Waals surface area contributed by atoms with Crippen LogP contribution in [0, 0.1) is 0 Å². The molecule has 1 aliphatic rings. The lowest BCUT2D eigenvalue weighted by molar-refractivity contribution is -0.303. The highest BCUT2D eigenvalue weighted by molar-refractivity contribution is 5.80. The third kappa shape index (κ3) is 4.61. The van der Waals surface area contributed by atoms with Crippen molar-refractivity contribution in [2.75, 3.05) is 11.9 Å². The van der Waals surface area contributed by atoms with E-state index < -0.39 is 6.36 Å². The number of pyridine rings is 1. The number of nitrogens with zero attached hydrogens (tertiary/aromatic N) is 3. The van der Waals surface area contributed by atoms with E-state index in [9.17, 15) is 18.0 Å². The Morgan fingerprint density at radius 2 is 2.10 bits per heavy atom. The van der Waals surface area contributed by atoms with Crippen LogP contribution in [-0.2, 0) is 18.2 Å². The predicted octanol–water partition coefficient (Wildman–Crippen LogP) is 4.07. The summed E-state index contributed by atoms with van der Waals surface area (Å²) in [7, 11) is 1.79. The molecule has 29 heavy (non-hydrogen) atoms. The molecule has 1 aliphatic heterocycles. The predicted molar refractivity (Wildman–Crippen MR) is 105 cm³/mol. The van der Waals surface area contributed by atoms with Gasteiger partial charge in [-0.25, -0.2) is 0 Å². The molecule has 3 rings (SSSR count). The van der Waals surface area contributed by atoms with Gasteiger partial charge in [0.05, 0.1) is 11.9 Å². The van der Waals surface area contributed by atoms with Crippen LogP contribution in [0.15, 0.2) is 54.0 Å². The van der Waals surface area contributed by atoms with E-state index in [2.05, 4.69) is 21.7 Å². The van der Waals surface area contributed by atoms with Crippen LogP contribution in [0.4, 0.5) is 18.9 Å². The van der Waals surface area contributed by atoms with E-state index in [0.29, 0.717) is 12.0 Å². The minimum Gasteiger partial charge on any atom is -0.406 e. The second-order valence-corrected chi connectivity index (χ2v) is 6.57. The molecule has 2 aromatic heterocycles. The second kappa shape index (κ2) is 8.02. The summed E-state index contributed by atoms with van der Waals surface area (Å²) in [5.74, 6) is -0.390. The zero-order valence-electron chi connectivity index (χ0n) is 16.1. The molecule has 3 heterocycles. The highest BCUT2D eigenvalue weighted by Crippen LogP contribution is 2.32. The quantitative estimate of drug-likeness (QED) is 0.601. The number of alkyl halides is 3. The molecule has 0 bridgehead atoms. The highest BCUT2D eigenvalue weighted by Gasteiger charge is 2.31. The number of allylic oxidation sites excluding steroid dienone is 4. The molecule has 0 aromatic carbocycles. The van der Waals surface area contributed by atoms with Crippen LogP contribution in [0.1, 0.15) is 18.9 Å². The fourth-order valence-electron chi connectivity index (χ4n) is 3.15. The zero-order valence-corrected chi connectivity index (χ0v) is 16.1. The maximum absolute atomic E-state index is 13.0. The molecule has 0 amide bonds. The molecule has 0 aliphatic carbocycles. The lowest BCUT2D eigenvalue weighted by Crippen LogP contribution is -2.28. The van der Waals surface area contributed by atoms with Crippen molar-refractivity contribution in [1.82, 2.24) is 14.3 Å². The monoisotopic (exact) mass is 406 g/mol. The van der Waals surface area contributed by atoms with Crippen LogP contribution >= 0.6 is 0 Å². The molecule has 0 atom stereocenters. The number of nitrogens with one attached hydrogen (secondary N) is 1. The van der Waals surface area contributed by atoms with Gasteiger partial charge in [0.25, 0.3) is 5.56 Å². The normalized spacial score (nSPS) is 14.6. The van der Waals surface area contributed by atoms with Crippen molar-refractivity contribution in [3.63, 3.8) is 0 Å². The molecule has 154 valence electrons. The van der Waals surface area contributed by atoms with Crippen LogP contribution in [0.2, 0.25) is 0 Å². The van der Waals surface area contributed by atoms with E-state index in [1.165, 1.54) is 23.6 Å². The number of anilines is 1. The van der Waals surface area contributed by atoms with Crippen molar-refractivity contribution in [2.24, 2.45) is 7.05 Å². The van der Waals surface area contributed by atoms with Gasteiger partial charge in [-0.3, -0.25) is 14.0 Å². The molecular weight excluding hydrogens is 385 g/mol. The van der Waals surface area contributed by atoms with Gasteiger partial charge in [0.2, 0.25) is 0 Å². The van der Waals surface area contributed by atoms with Gasteiger partial charge in [-0.2, -0.15) is 5.10 Å². The summed E-state index contributed by atoms with van der Waals surface area (Å²) in [5.41, 5.74) is 2.94. The highest BCUT2D eigenvalue weighted by atomic mass is 19.4. The number of hydrogen-bond acceptors (Lipinski definition) is 4. The molecule has 0 spiro atoms. The molecule has 0 fully saturated rings. The number of fused-ring (bicyclic) bond motifs is 1. The molecule has 0 radical (unpaired) electrons. The zero-order chi connectivity index (χ0) is 21.2. The Morgan fingerprint density at radius 3 is 2.72 bits per heavy atom. The molecule has 2 aromatic rings. The molecule has 1 N–H and O–H groups in total. The Hall–Kier alpha value is -3.23. The fraction of sp³-hybridized carbons (Fsp3) is 0.300. The topological polar surface area (TPSA) is 61.1 Å². The van der Waals surface area contributed by atoms with Gasteiger partial charge in [0, 0.05) is 48.4 Å². The number of rotatable bonds is 5. The summed E-state index contributed by atoms with van der Waals surface area (Å²) in [5, 5.41) is 7.46. The fourth-order valence-corrected chi connectivity index (χ4v) is 3.15. The van der Waals surface area contributed by atoms with E-state index >= 15 is 0 Å². The first-order chi connectivity index (χ1) is 13.7. The van der Waals surface area contributed by atoms with Crippen LogP contribution < -0.4 is 10.9 Å². The smallest absolute Gasteiger partial charge is 0.406 e. The van der Waals surface area contributed by atoms with Gasteiger partial charge < -0.3 is 10.1 Å². The Kier molecular flexibility index (Phi) is 5.67. The third-order valence-electron chi connectivity index (χ3n) is 4.49. The average molecular weight is 406 g/mol. The summed E-state index contributed by atoms with van der Waals surface area (Å²) in [6.45, 7) is 6.02. The van der Waals surface area contributed by atoms with Gasteiger partial charge in [0.15, 0.2) is 0 Å². The molecule has 6 nitrogen and oxygen atoms in total. The third-order valence-corrected chi connectivity index (χ3v) is 4.49. The number of aryl methyl sites for hydroxylation is 1. The van der Waals surface area contributed by atoms with E-state index in [4.69, 9.17) is 0 Å². The standard InChI is InChI=1S/C20H21F3N4O2/c1-4-15(29-20(21,22)23)8-7-13(2)27-12-17(14-10-25-26(3)11-14)18-16(19(27)28)6-5-9-24-18/h4,7-8,10-12,24H,2,5-6,9H2,1,3H3/b8-7-,15-4+. The number of aromatic nitrogens is 3. The van der Waals surface area contributed by atoms with Crippen molar-refractivity contribution in [3.05, 3.63) is 65.1 Å². The maximum atomic E-state index is 13.0. The van der Waals surface area contributed by atoms with Gasteiger partial charge in [-0.1, -0.05) is 6.58 Å². The van der Waals surface area contributed by atoms with E-state index in [1.54, 1.807) is 24.1 Å². The number of ether oxygens (including phenoxy) is 1. The van der Waals surface area contributed by atoms with Crippen molar-refractivity contribution in [3.8, 4) is 11.1 Å². The average Bonchev–Trinajstić information content (AvgIpc) is 3.10. The minimum absolute atomic E-state index is 0.221. The number of hydrogen-bond donors (Lipinski definition) is 1. The first kappa shape index (κ1) is 20.5. The largest absolute Gasteiger partial charge is 0.573 e. The molecule has 9 heteroatoms.